The lowest BCUT2D eigenvalue weighted by Gasteiger charge is -2.30. The van der Waals surface area contributed by atoms with Gasteiger partial charge in [0, 0.05) is 17.4 Å². The van der Waals surface area contributed by atoms with Crippen molar-refractivity contribution in [2.24, 2.45) is 10.9 Å². The Morgan fingerprint density at radius 3 is 2.93 bits per heavy atom. The predicted octanol–water partition coefficient (Wildman–Crippen LogP) is 3.99. The van der Waals surface area contributed by atoms with Crippen molar-refractivity contribution in [3.63, 3.8) is 0 Å². The highest BCUT2D eigenvalue weighted by Gasteiger charge is 2.41. The van der Waals surface area contributed by atoms with Crippen molar-refractivity contribution >= 4 is 29.3 Å². The normalized spacial score (nSPS) is 18.0. The number of benzene rings is 1. The number of thioether (sulfide) groups is 1. The van der Waals surface area contributed by atoms with E-state index in [2.05, 4.69) is 21.5 Å². The van der Waals surface area contributed by atoms with E-state index in [-0.39, 0.29) is 23.5 Å². The van der Waals surface area contributed by atoms with Crippen LogP contribution in [0.4, 0.5) is 10.2 Å². The first-order valence-electron chi connectivity index (χ1n) is 9.31. The van der Waals surface area contributed by atoms with Crippen LogP contribution in [0, 0.1) is 11.7 Å². The van der Waals surface area contributed by atoms with Crippen LogP contribution in [0.5, 0.6) is 0 Å². The van der Waals surface area contributed by atoms with Gasteiger partial charge >= 0.3 is 5.97 Å². The Morgan fingerprint density at radius 1 is 1.45 bits per heavy atom. The molecule has 0 radical (unpaired) electrons. The van der Waals surface area contributed by atoms with Crippen LogP contribution < -0.4 is 5.56 Å². The Labute approximate surface area is 172 Å². The zero-order valence-corrected chi connectivity index (χ0v) is 17.1. The first-order valence-corrected chi connectivity index (χ1v) is 10.3. The summed E-state index contributed by atoms with van der Waals surface area (Å²) < 4.78 is 19.2. The minimum absolute atomic E-state index is 0.0343. The number of H-pyrrole nitrogens is 1. The second-order valence-corrected chi connectivity index (χ2v) is 7.72. The first-order chi connectivity index (χ1) is 14.0. The Kier molecular flexibility index (Phi) is 6.64. The molecule has 0 amide bonds. The van der Waals surface area contributed by atoms with Gasteiger partial charge in [0.15, 0.2) is 11.0 Å². The van der Waals surface area contributed by atoms with E-state index in [9.17, 15) is 14.0 Å². The van der Waals surface area contributed by atoms with Gasteiger partial charge < -0.3 is 9.72 Å². The number of hydrogen-bond acceptors (Lipinski definition) is 6. The number of aromatic nitrogens is 2. The third-order valence-corrected chi connectivity index (χ3v) is 5.62. The zero-order chi connectivity index (χ0) is 21.0. The van der Waals surface area contributed by atoms with Gasteiger partial charge in [0.2, 0.25) is 0 Å². The van der Waals surface area contributed by atoms with Gasteiger partial charge in [-0.1, -0.05) is 43.5 Å². The summed E-state index contributed by atoms with van der Waals surface area (Å²) in [7, 11) is 0. The molecular formula is C21H22FN3O3S. The van der Waals surface area contributed by atoms with Gasteiger partial charge in [-0.3, -0.25) is 9.59 Å². The average Bonchev–Trinajstić information content (AvgIpc) is 2.69. The summed E-state index contributed by atoms with van der Waals surface area (Å²) in [6, 6.07) is 5.86. The number of ether oxygens (including phenoxy) is 1. The van der Waals surface area contributed by atoms with E-state index >= 15 is 0 Å². The lowest BCUT2D eigenvalue weighted by molar-refractivity contribution is -0.145. The van der Waals surface area contributed by atoms with Crippen molar-refractivity contribution in [2.45, 2.75) is 31.3 Å². The Hall–Kier alpha value is -2.74. The summed E-state index contributed by atoms with van der Waals surface area (Å²) in [5, 5.41) is 0.470. The van der Waals surface area contributed by atoms with Crippen molar-refractivity contribution in [1.29, 1.82) is 0 Å². The number of rotatable bonds is 7. The van der Waals surface area contributed by atoms with Gasteiger partial charge in [-0.15, -0.1) is 0 Å². The Bertz CT molecular complexity index is 1020. The molecule has 2 heterocycles. The van der Waals surface area contributed by atoms with Crippen molar-refractivity contribution < 1.29 is 13.9 Å². The lowest BCUT2D eigenvalue weighted by Crippen LogP contribution is -2.37. The molecule has 0 saturated carbocycles. The number of halogens is 1. The maximum absolute atomic E-state index is 14.0. The monoisotopic (exact) mass is 415 g/mol. The number of fused-ring (bicyclic) bond motifs is 1. The zero-order valence-electron chi connectivity index (χ0n) is 16.3. The van der Waals surface area contributed by atoms with Crippen LogP contribution in [0.15, 0.2) is 51.9 Å². The van der Waals surface area contributed by atoms with E-state index in [0.717, 1.165) is 12.2 Å². The number of esters is 1. The standard InChI is InChI=1S/C21H22FN3O3S/c1-4-9-28-20(27)15-12(3)23-18-17(16(15)13-7-6-8-14(22)11-13)19(26)25-21(24-18)29-10-5-2/h4,6-8,11,15-16H,1,5,9-10H2,2-3H3,(H,24,25,26). The highest BCUT2D eigenvalue weighted by Crippen LogP contribution is 2.40. The van der Waals surface area contributed by atoms with E-state index in [0.29, 0.717) is 16.4 Å². The van der Waals surface area contributed by atoms with Crippen LogP contribution in [0.25, 0.3) is 0 Å². The summed E-state index contributed by atoms with van der Waals surface area (Å²) in [5.41, 5.74) is 0.802. The molecule has 1 aromatic carbocycles. The molecule has 2 unspecified atom stereocenters. The van der Waals surface area contributed by atoms with Crippen LogP contribution in [0.3, 0.4) is 0 Å². The molecule has 0 aliphatic carbocycles. The Balaban J connectivity index is 2.17. The SMILES string of the molecule is C=CCOC(=O)C1C(C)=Nc2nc(SCCC)[nH]c(=O)c2C1c1cccc(F)c1. The van der Waals surface area contributed by atoms with Gasteiger partial charge in [-0.05, 0) is 31.0 Å². The molecule has 1 aliphatic rings. The number of hydrogen-bond donors (Lipinski definition) is 1. The molecule has 0 bridgehead atoms. The molecule has 3 rings (SSSR count). The van der Waals surface area contributed by atoms with E-state index < -0.39 is 23.6 Å². The van der Waals surface area contributed by atoms with Crippen LogP contribution in [-0.4, -0.2) is 34.0 Å². The number of aromatic amines is 1. The molecule has 29 heavy (non-hydrogen) atoms. The summed E-state index contributed by atoms with van der Waals surface area (Å²) in [4.78, 5) is 37.4. The molecule has 2 atom stereocenters. The topological polar surface area (TPSA) is 84.4 Å². The highest BCUT2D eigenvalue weighted by molar-refractivity contribution is 7.99. The van der Waals surface area contributed by atoms with E-state index in [4.69, 9.17) is 4.74 Å². The van der Waals surface area contributed by atoms with E-state index in [1.807, 2.05) is 6.92 Å². The smallest absolute Gasteiger partial charge is 0.315 e. The third kappa shape index (κ3) is 4.48. The van der Waals surface area contributed by atoms with Crippen LogP contribution in [0.2, 0.25) is 0 Å². The molecule has 0 saturated heterocycles. The van der Waals surface area contributed by atoms with Crippen molar-refractivity contribution in [1.82, 2.24) is 9.97 Å². The van der Waals surface area contributed by atoms with Gasteiger partial charge in [-0.2, -0.15) is 0 Å². The van der Waals surface area contributed by atoms with Gasteiger partial charge in [-0.25, -0.2) is 14.4 Å². The Morgan fingerprint density at radius 2 is 2.24 bits per heavy atom. The summed E-state index contributed by atoms with van der Waals surface area (Å²) in [6.07, 6.45) is 2.39. The molecule has 1 aliphatic heterocycles. The molecule has 0 spiro atoms. The molecule has 6 nitrogen and oxygen atoms in total. The van der Waals surface area contributed by atoms with Crippen LogP contribution >= 0.6 is 11.8 Å². The number of carbonyl (C=O) groups excluding carboxylic acids is 1. The first kappa shape index (κ1) is 21.0. The molecule has 0 fully saturated rings. The predicted molar refractivity (Wildman–Crippen MR) is 112 cm³/mol. The van der Waals surface area contributed by atoms with Crippen LogP contribution in [-0.2, 0) is 9.53 Å². The fraction of sp³-hybridized carbons (Fsp3) is 0.333. The summed E-state index contributed by atoms with van der Waals surface area (Å²) in [5.74, 6) is -1.56. The van der Waals surface area contributed by atoms with Gasteiger partial charge in [0.25, 0.3) is 5.56 Å². The molecule has 1 N–H and O–H groups in total. The number of aliphatic imine (C=N–C) groups is 1. The van der Waals surface area contributed by atoms with Gasteiger partial charge in [0.05, 0.1) is 5.56 Å². The minimum atomic E-state index is -0.860. The summed E-state index contributed by atoms with van der Waals surface area (Å²) >= 11 is 1.43. The fourth-order valence-corrected chi connectivity index (χ4v) is 4.04. The molecule has 152 valence electrons. The van der Waals surface area contributed by atoms with Crippen molar-refractivity contribution in [2.75, 3.05) is 12.4 Å². The van der Waals surface area contributed by atoms with E-state index in [1.54, 1.807) is 19.1 Å². The number of carbonyl (C=O) groups is 1. The minimum Gasteiger partial charge on any atom is -0.461 e. The van der Waals surface area contributed by atoms with E-state index in [1.165, 1.54) is 30.0 Å². The van der Waals surface area contributed by atoms with Gasteiger partial charge in [0.1, 0.15) is 18.3 Å². The number of nitrogens with zero attached hydrogens (tertiary/aromatic N) is 2. The molecular weight excluding hydrogens is 393 g/mol. The maximum atomic E-state index is 14.0. The largest absolute Gasteiger partial charge is 0.461 e. The lowest BCUT2D eigenvalue weighted by atomic mass is 9.77. The molecule has 8 heteroatoms. The van der Waals surface area contributed by atoms with Crippen LogP contribution in [0.1, 0.15) is 37.3 Å². The average molecular weight is 415 g/mol. The van der Waals surface area contributed by atoms with Crippen molar-refractivity contribution in [3.05, 3.63) is 64.2 Å². The quantitative estimate of drug-likeness (QED) is 0.320. The second-order valence-electron chi connectivity index (χ2n) is 6.64. The summed E-state index contributed by atoms with van der Waals surface area (Å²) in [6.45, 7) is 7.30. The molecule has 1 aromatic heterocycles. The highest BCUT2D eigenvalue weighted by atomic mass is 32.2. The molecule has 2 aromatic rings. The second kappa shape index (κ2) is 9.17. The maximum Gasteiger partial charge on any atom is 0.315 e. The van der Waals surface area contributed by atoms with Crippen molar-refractivity contribution in [3.8, 4) is 0 Å². The third-order valence-electron chi connectivity index (χ3n) is 4.54. The fourth-order valence-electron chi connectivity index (χ4n) is 3.32. The number of nitrogens with one attached hydrogen (secondary N) is 1.